The van der Waals surface area contributed by atoms with Gasteiger partial charge in [0.05, 0.1) is 0 Å². The average Bonchev–Trinajstić information content (AvgIpc) is 3.07. The quantitative estimate of drug-likeness (QED) is 0.394. The van der Waals surface area contributed by atoms with Crippen molar-refractivity contribution in [3.63, 3.8) is 0 Å². The molecular formula is C22H15ClN2SSe. The molecule has 0 radical (unpaired) electrons. The van der Waals surface area contributed by atoms with Crippen LogP contribution in [0.4, 0.5) is 0 Å². The van der Waals surface area contributed by atoms with Crippen molar-refractivity contribution in [2.24, 2.45) is 0 Å². The molecule has 1 unspecified atom stereocenters. The Hall–Kier alpha value is -1.97. The van der Waals surface area contributed by atoms with Gasteiger partial charge in [0.1, 0.15) is 0 Å². The Morgan fingerprint density at radius 1 is 0.889 bits per heavy atom. The third kappa shape index (κ3) is 3.35. The first-order chi connectivity index (χ1) is 13.3. The molecule has 132 valence electrons. The summed E-state index contributed by atoms with van der Waals surface area (Å²) in [5.74, 6) is 0. The molecule has 1 atom stereocenters. The summed E-state index contributed by atoms with van der Waals surface area (Å²) < 4.78 is 5.10. The van der Waals surface area contributed by atoms with Crippen LogP contribution in [0.2, 0.25) is 5.02 Å². The van der Waals surface area contributed by atoms with E-state index in [1.807, 2.05) is 18.2 Å². The molecule has 4 aromatic rings. The summed E-state index contributed by atoms with van der Waals surface area (Å²) in [6, 6.07) is 27.3. The molecule has 27 heavy (non-hydrogen) atoms. The maximum absolute atomic E-state index is 6.13. The van der Waals surface area contributed by atoms with Gasteiger partial charge in [0, 0.05) is 0 Å². The molecule has 5 rings (SSSR count). The van der Waals surface area contributed by atoms with Crippen molar-refractivity contribution in [3.05, 3.63) is 99.3 Å². The molecule has 1 aliphatic heterocycles. The van der Waals surface area contributed by atoms with E-state index in [2.05, 4.69) is 71.3 Å². The van der Waals surface area contributed by atoms with Crippen molar-refractivity contribution in [2.75, 3.05) is 0 Å². The number of nitrogens with zero attached hydrogens (tertiary/aromatic N) is 2. The number of hydrogen-bond acceptors (Lipinski definition) is 2. The molecular weight excluding hydrogens is 439 g/mol. The van der Waals surface area contributed by atoms with Gasteiger partial charge in [-0.2, -0.15) is 0 Å². The van der Waals surface area contributed by atoms with E-state index in [1.54, 1.807) is 11.8 Å². The minimum atomic E-state index is 0.131. The number of allylic oxidation sites excluding steroid dienone is 1. The molecule has 0 bridgehead atoms. The van der Waals surface area contributed by atoms with Crippen LogP contribution in [-0.4, -0.2) is 24.5 Å². The molecule has 0 amide bonds. The van der Waals surface area contributed by atoms with Crippen molar-refractivity contribution in [1.82, 2.24) is 9.55 Å². The van der Waals surface area contributed by atoms with Gasteiger partial charge in [-0.1, -0.05) is 0 Å². The molecule has 0 N–H and O–H groups in total. The van der Waals surface area contributed by atoms with Gasteiger partial charge in [-0.25, -0.2) is 0 Å². The van der Waals surface area contributed by atoms with Crippen LogP contribution >= 0.6 is 23.4 Å². The number of para-hydroxylation sites is 2. The van der Waals surface area contributed by atoms with Crippen molar-refractivity contribution in [3.8, 4) is 0 Å². The van der Waals surface area contributed by atoms with E-state index in [-0.39, 0.29) is 21.0 Å². The van der Waals surface area contributed by atoms with E-state index in [1.165, 1.54) is 19.3 Å². The summed E-state index contributed by atoms with van der Waals surface area (Å²) in [6.45, 7) is 0. The number of rotatable bonds is 3. The van der Waals surface area contributed by atoms with E-state index >= 15 is 0 Å². The summed E-state index contributed by atoms with van der Waals surface area (Å²) in [5.41, 5.74) is 3.44. The van der Waals surface area contributed by atoms with Crippen LogP contribution in [0.5, 0.6) is 0 Å². The summed E-state index contributed by atoms with van der Waals surface area (Å²) >= 11 is 8.18. The normalized spacial score (nSPS) is 16.2. The molecule has 2 heterocycles. The number of hydrogen-bond donors (Lipinski definition) is 0. The van der Waals surface area contributed by atoms with Crippen LogP contribution in [0, 0.1) is 0 Å². The minimum absolute atomic E-state index is 0.131. The van der Waals surface area contributed by atoms with Gasteiger partial charge in [0.25, 0.3) is 0 Å². The molecule has 1 aliphatic rings. The van der Waals surface area contributed by atoms with Crippen LogP contribution in [-0.2, 0) is 0 Å². The fourth-order valence-corrected chi connectivity index (χ4v) is 7.00. The first-order valence-corrected chi connectivity index (χ1v) is 11.5. The maximum atomic E-state index is 6.13. The SMILES string of the molecule is Clc1ccc(C2C=C([Se]c3ccccc3)Sc3nc4ccccc4n32)cc1. The zero-order chi connectivity index (χ0) is 18.2. The van der Waals surface area contributed by atoms with Crippen LogP contribution in [0.15, 0.2) is 93.9 Å². The summed E-state index contributed by atoms with van der Waals surface area (Å²) in [4.78, 5) is 4.91. The van der Waals surface area contributed by atoms with Crippen LogP contribution in [0.25, 0.3) is 11.0 Å². The van der Waals surface area contributed by atoms with E-state index < -0.39 is 0 Å². The van der Waals surface area contributed by atoms with Crippen LogP contribution in [0.3, 0.4) is 0 Å². The topological polar surface area (TPSA) is 17.8 Å². The van der Waals surface area contributed by atoms with Gasteiger partial charge >= 0.3 is 174 Å². The molecule has 0 fully saturated rings. The van der Waals surface area contributed by atoms with Crippen molar-refractivity contribution in [1.29, 1.82) is 0 Å². The van der Waals surface area contributed by atoms with Crippen LogP contribution in [0.1, 0.15) is 11.6 Å². The van der Waals surface area contributed by atoms with Crippen LogP contribution < -0.4 is 4.46 Å². The number of benzene rings is 3. The predicted molar refractivity (Wildman–Crippen MR) is 115 cm³/mol. The fraction of sp³-hybridized carbons (Fsp3) is 0.0455. The first-order valence-electron chi connectivity index (χ1n) is 8.63. The van der Waals surface area contributed by atoms with Crippen molar-refractivity contribution in [2.45, 2.75) is 11.2 Å². The van der Waals surface area contributed by atoms with Gasteiger partial charge in [-0.05, 0) is 0 Å². The van der Waals surface area contributed by atoms with E-state index in [0.29, 0.717) is 0 Å². The zero-order valence-electron chi connectivity index (χ0n) is 14.2. The summed E-state index contributed by atoms with van der Waals surface area (Å²) in [5, 5.41) is 1.82. The fourth-order valence-electron chi connectivity index (χ4n) is 3.26. The first kappa shape index (κ1) is 17.1. The Labute approximate surface area is 173 Å². The Morgan fingerprint density at radius 2 is 1.63 bits per heavy atom. The van der Waals surface area contributed by atoms with Gasteiger partial charge in [-0.15, -0.1) is 0 Å². The molecule has 0 saturated carbocycles. The molecule has 5 heteroatoms. The number of halogens is 1. The third-order valence-corrected chi connectivity index (χ3v) is 8.29. The van der Waals surface area contributed by atoms with E-state index in [4.69, 9.17) is 16.6 Å². The number of aromatic nitrogens is 2. The average molecular weight is 454 g/mol. The van der Waals surface area contributed by atoms with Gasteiger partial charge in [0.15, 0.2) is 0 Å². The third-order valence-electron chi connectivity index (χ3n) is 4.50. The van der Waals surface area contributed by atoms with E-state index in [9.17, 15) is 0 Å². The Kier molecular flexibility index (Phi) is 4.58. The molecule has 2 nitrogen and oxygen atoms in total. The zero-order valence-corrected chi connectivity index (χ0v) is 17.5. The van der Waals surface area contributed by atoms with Crippen molar-refractivity contribution < 1.29 is 0 Å². The van der Waals surface area contributed by atoms with Crippen molar-refractivity contribution >= 4 is 53.8 Å². The van der Waals surface area contributed by atoms with Gasteiger partial charge < -0.3 is 0 Å². The summed E-state index contributed by atoms with van der Waals surface area (Å²) in [6.07, 6.45) is 2.39. The molecule has 0 spiro atoms. The Morgan fingerprint density at radius 3 is 2.44 bits per heavy atom. The number of fused-ring (bicyclic) bond motifs is 3. The monoisotopic (exact) mass is 454 g/mol. The second kappa shape index (κ2) is 7.21. The predicted octanol–water partition coefficient (Wildman–Crippen LogP) is 5.26. The van der Waals surface area contributed by atoms with E-state index in [0.717, 1.165) is 15.7 Å². The second-order valence-electron chi connectivity index (χ2n) is 6.25. The number of thioether (sulfide) groups is 1. The summed E-state index contributed by atoms with van der Waals surface area (Å²) in [7, 11) is 0. The van der Waals surface area contributed by atoms with Gasteiger partial charge in [-0.3, -0.25) is 0 Å². The van der Waals surface area contributed by atoms with Gasteiger partial charge in [0.2, 0.25) is 0 Å². The molecule has 3 aromatic carbocycles. The number of imidazole rings is 1. The Balaban J connectivity index is 1.63. The molecule has 0 saturated heterocycles. The molecule has 0 aliphatic carbocycles. The standard InChI is InChI=1S/C22H15ClN2SSe/c23-16-12-10-15(11-13-16)20-14-21(27-17-6-2-1-3-7-17)26-22-24-18-8-4-5-9-19(18)25(20)22/h1-14,20H. The Bertz CT molecular complexity index is 1140. The second-order valence-corrected chi connectivity index (χ2v) is 10.6. The molecule has 1 aromatic heterocycles.